The average molecular weight is 249 g/mol. The molecule has 0 heterocycles. The van der Waals surface area contributed by atoms with Gasteiger partial charge < -0.3 is 19.0 Å². The number of hydrogen-bond donors (Lipinski definition) is 1. The summed E-state index contributed by atoms with van der Waals surface area (Å²) in [6.07, 6.45) is 0. The van der Waals surface area contributed by atoms with Crippen molar-refractivity contribution in [2.24, 2.45) is 5.73 Å². The third kappa shape index (κ3) is 4.40. The molecule has 0 saturated carbocycles. The van der Waals surface area contributed by atoms with Crippen molar-refractivity contribution in [2.45, 2.75) is 33.4 Å². The van der Waals surface area contributed by atoms with Crippen molar-refractivity contribution in [2.75, 3.05) is 0 Å². The zero-order chi connectivity index (χ0) is 12.9. The summed E-state index contributed by atoms with van der Waals surface area (Å²) in [5.41, 5.74) is 4.66. The molecule has 0 aromatic heterocycles. The lowest BCUT2D eigenvalue weighted by Crippen LogP contribution is -2.61. The Morgan fingerprint density at radius 2 is 1.19 bits per heavy atom. The van der Waals surface area contributed by atoms with Crippen LogP contribution in [0.5, 0.6) is 0 Å². The molecule has 0 aromatic carbocycles. The van der Waals surface area contributed by atoms with Gasteiger partial charge >= 0.3 is 8.80 Å². The molecule has 0 aromatic rings. The highest BCUT2D eigenvalue weighted by molar-refractivity contribution is 6.67. The molecule has 92 valence electrons. The average Bonchev–Trinajstić information content (AvgIpc) is 1.98. The molecule has 1 atom stereocenters. The molecule has 0 aliphatic rings. The molecule has 0 saturated heterocycles. The largest absolute Gasteiger partial charge is 0.722 e. The van der Waals surface area contributed by atoms with E-state index in [-0.39, 0.29) is 0 Å². The monoisotopic (exact) mass is 249 g/mol. The summed E-state index contributed by atoms with van der Waals surface area (Å²) in [5, 5.41) is 0. The fraction of sp³-hybridized carbons (Fsp3) is 0.625. The van der Waals surface area contributed by atoms with Crippen LogP contribution < -0.4 is 5.73 Å². The van der Waals surface area contributed by atoms with Gasteiger partial charge in [0.15, 0.2) is 0 Å². The standard InChI is InChI=1S/C8H15NO6Si/c1-5(9)16(13-6(2)10,14-7(3)11)15-8(4)12/h5H,9H2,1-4H3. The Morgan fingerprint density at radius 1 is 0.938 bits per heavy atom. The first-order chi connectivity index (χ1) is 7.19. The Balaban J connectivity index is 5.10. The van der Waals surface area contributed by atoms with Crippen molar-refractivity contribution < 1.29 is 27.7 Å². The van der Waals surface area contributed by atoms with Crippen molar-refractivity contribution in [1.82, 2.24) is 0 Å². The van der Waals surface area contributed by atoms with Gasteiger partial charge in [0, 0.05) is 20.8 Å². The normalized spacial score (nSPS) is 12.6. The topological polar surface area (TPSA) is 105 Å². The van der Waals surface area contributed by atoms with Crippen LogP contribution in [0.25, 0.3) is 0 Å². The van der Waals surface area contributed by atoms with Crippen molar-refractivity contribution in [1.29, 1.82) is 0 Å². The van der Waals surface area contributed by atoms with Crippen LogP contribution in [0.1, 0.15) is 27.7 Å². The van der Waals surface area contributed by atoms with E-state index < -0.39 is 32.4 Å². The molecule has 0 amide bonds. The molecule has 0 aliphatic heterocycles. The lowest BCUT2D eigenvalue weighted by molar-refractivity contribution is -0.148. The van der Waals surface area contributed by atoms with Crippen molar-refractivity contribution in [3.05, 3.63) is 0 Å². The van der Waals surface area contributed by atoms with E-state index in [0.717, 1.165) is 20.8 Å². The van der Waals surface area contributed by atoms with E-state index in [4.69, 9.17) is 19.0 Å². The highest BCUT2D eigenvalue weighted by Crippen LogP contribution is 2.14. The highest BCUT2D eigenvalue weighted by Gasteiger charge is 2.56. The Morgan fingerprint density at radius 3 is 1.31 bits per heavy atom. The summed E-state index contributed by atoms with van der Waals surface area (Å²) in [6, 6.07) is 0. The van der Waals surface area contributed by atoms with Crippen LogP contribution in [0.2, 0.25) is 0 Å². The summed E-state index contributed by atoms with van der Waals surface area (Å²) in [6.45, 7) is 4.76. The van der Waals surface area contributed by atoms with E-state index in [1.165, 1.54) is 6.92 Å². The van der Waals surface area contributed by atoms with Crippen LogP contribution in [-0.2, 0) is 27.7 Å². The van der Waals surface area contributed by atoms with Crippen LogP contribution in [-0.4, -0.2) is 32.4 Å². The number of rotatable bonds is 4. The summed E-state index contributed by atoms with van der Waals surface area (Å²) in [7, 11) is -3.83. The van der Waals surface area contributed by atoms with Crippen LogP contribution in [0, 0.1) is 0 Å². The van der Waals surface area contributed by atoms with Crippen LogP contribution in [0.3, 0.4) is 0 Å². The first-order valence-electron chi connectivity index (χ1n) is 4.54. The Bertz CT molecular complexity index is 262. The summed E-state index contributed by atoms with van der Waals surface area (Å²) >= 11 is 0. The third-order valence-electron chi connectivity index (χ3n) is 1.42. The minimum atomic E-state index is -3.83. The van der Waals surface area contributed by atoms with E-state index in [0.29, 0.717) is 0 Å². The van der Waals surface area contributed by atoms with Gasteiger partial charge in [-0.1, -0.05) is 0 Å². The summed E-state index contributed by atoms with van der Waals surface area (Å²) in [5.74, 6) is -2.19. The lowest BCUT2D eigenvalue weighted by atomic mass is 10.8. The maximum Gasteiger partial charge on any atom is 0.722 e. The van der Waals surface area contributed by atoms with E-state index in [9.17, 15) is 14.4 Å². The minimum Gasteiger partial charge on any atom is -0.454 e. The molecule has 16 heavy (non-hydrogen) atoms. The van der Waals surface area contributed by atoms with Gasteiger partial charge in [-0.15, -0.1) is 0 Å². The summed E-state index contributed by atoms with van der Waals surface area (Å²) in [4.78, 5) is 32.7. The van der Waals surface area contributed by atoms with Crippen LogP contribution in [0.4, 0.5) is 0 Å². The van der Waals surface area contributed by atoms with Crippen LogP contribution >= 0.6 is 0 Å². The number of carbonyl (C=O) groups is 3. The predicted molar refractivity (Wildman–Crippen MR) is 54.7 cm³/mol. The number of nitrogens with two attached hydrogens (primary N) is 1. The molecular weight excluding hydrogens is 234 g/mol. The van der Waals surface area contributed by atoms with Gasteiger partial charge in [0.25, 0.3) is 17.9 Å². The van der Waals surface area contributed by atoms with Crippen molar-refractivity contribution in [3.8, 4) is 0 Å². The van der Waals surface area contributed by atoms with Gasteiger partial charge in [0.2, 0.25) is 0 Å². The Labute approximate surface area is 94.2 Å². The van der Waals surface area contributed by atoms with E-state index >= 15 is 0 Å². The van der Waals surface area contributed by atoms with Crippen molar-refractivity contribution >= 4 is 26.7 Å². The smallest absolute Gasteiger partial charge is 0.454 e. The third-order valence-corrected chi connectivity index (χ3v) is 4.25. The second-order valence-electron chi connectivity index (χ2n) is 3.17. The predicted octanol–water partition coefficient (Wildman–Crippen LogP) is -0.499. The SMILES string of the molecule is CC(=O)O[Si](OC(C)=O)(OC(C)=O)C(C)N. The maximum absolute atomic E-state index is 10.9. The molecule has 0 rings (SSSR count). The van der Waals surface area contributed by atoms with Gasteiger partial charge in [-0.05, 0) is 6.92 Å². The zero-order valence-corrected chi connectivity index (χ0v) is 10.6. The zero-order valence-electron chi connectivity index (χ0n) is 9.60. The first-order valence-corrected chi connectivity index (χ1v) is 6.34. The highest BCUT2D eigenvalue weighted by atomic mass is 28.4. The molecule has 8 heteroatoms. The van der Waals surface area contributed by atoms with E-state index in [2.05, 4.69) is 0 Å². The molecular formula is C8H15NO6Si. The van der Waals surface area contributed by atoms with Gasteiger partial charge in [-0.25, -0.2) is 0 Å². The summed E-state index contributed by atoms with van der Waals surface area (Å²) < 4.78 is 14.4. The molecule has 0 radical (unpaired) electrons. The van der Waals surface area contributed by atoms with Gasteiger partial charge in [0.05, 0.1) is 0 Å². The van der Waals surface area contributed by atoms with Gasteiger partial charge in [-0.2, -0.15) is 0 Å². The molecule has 0 spiro atoms. The second kappa shape index (κ2) is 5.61. The quantitative estimate of drug-likeness (QED) is 0.669. The molecule has 0 fully saturated rings. The molecule has 7 nitrogen and oxygen atoms in total. The Hall–Kier alpha value is -1.41. The molecule has 0 aliphatic carbocycles. The molecule has 1 unspecified atom stereocenters. The minimum absolute atomic E-state index is 0.730. The van der Waals surface area contributed by atoms with Gasteiger partial charge in [-0.3, -0.25) is 14.4 Å². The number of hydrogen-bond acceptors (Lipinski definition) is 7. The second-order valence-corrected chi connectivity index (χ2v) is 5.90. The molecule has 2 N–H and O–H groups in total. The van der Waals surface area contributed by atoms with Crippen molar-refractivity contribution in [3.63, 3.8) is 0 Å². The van der Waals surface area contributed by atoms with Crippen LogP contribution in [0.15, 0.2) is 0 Å². The van der Waals surface area contributed by atoms with Gasteiger partial charge in [0.1, 0.15) is 5.67 Å². The number of carbonyl (C=O) groups excluding carboxylic acids is 3. The van der Waals surface area contributed by atoms with E-state index in [1.807, 2.05) is 0 Å². The first kappa shape index (κ1) is 14.6. The fourth-order valence-corrected chi connectivity index (χ4v) is 2.83. The fourth-order valence-electron chi connectivity index (χ4n) is 0.942. The Kier molecular flexibility index (Phi) is 5.12. The maximum atomic E-state index is 10.9. The molecule has 0 bridgehead atoms. The lowest BCUT2D eigenvalue weighted by Gasteiger charge is -2.28. The van der Waals surface area contributed by atoms with E-state index in [1.54, 1.807) is 0 Å².